The van der Waals surface area contributed by atoms with Gasteiger partial charge in [0.15, 0.2) is 0 Å². The molecule has 14 heteroatoms. The van der Waals surface area contributed by atoms with Crippen molar-refractivity contribution in [3.8, 4) is 11.3 Å². The van der Waals surface area contributed by atoms with Crippen molar-refractivity contribution < 1.29 is 18.9 Å². The van der Waals surface area contributed by atoms with Gasteiger partial charge >= 0.3 is 7.12 Å². The zero-order chi connectivity index (χ0) is 41.4. The van der Waals surface area contributed by atoms with Gasteiger partial charge in [-0.2, -0.15) is 0 Å². The fourth-order valence-corrected chi connectivity index (χ4v) is 7.02. The third-order valence-corrected chi connectivity index (χ3v) is 10.5. The van der Waals surface area contributed by atoms with Crippen LogP contribution in [0.5, 0.6) is 0 Å². The number of benzene rings is 4. The van der Waals surface area contributed by atoms with E-state index in [1.807, 2.05) is 72.8 Å². The van der Waals surface area contributed by atoms with E-state index in [0.717, 1.165) is 77.2 Å². The van der Waals surface area contributed by atoms with E-state index in [-0.39, 0.29) is 5.66 Å². The van der Waals surface area contributed by atoms with Crippen LogP contribution in [-0.2, 0) is 13.1 Å². The predicted octanol–water partition coefficient (Wildman–Crippen LogP) is 8.94. The summed E-state index contributed by atoms with van der Waals surface area (Å²) in [6, 6.07) is 39.2. The Kier molecular flexibility index (Phi) is 12.0. The van der Waals surface area contributed by atoms with Crippen molar-refractivity contribution in [1.82, 2.24) is 19.9 Å². The second kappa shape index (κ2) is 18.1. The molecular weight excluding hydrogens is 819 g/mol. The average Bonchev–Trinajstić information content (AvgIpc) is 3.93. The van der Waals surface area contributed by atoms with Crippen LogP contribution in [0.2, 0.25) is 0 Å². The van der Waals surface area contributed by atoms with Gasteiger partial charge in [0, 0.05) is 88.6 Å². The number of para-hydroxylation sites is 2. The number of hydrogen-bond donors (Lipinski definition) is 6. The molecule has 0 atom stereocenters. The number of furan rings is 2. The minimum atomic E-state index is -1.53. The molecule has 6 heterocycles. The first-order valence-corrected chi connectivity index (χ1v) is 19.7. The Morgan fingerprint density at radius 3 is 1.65 bits per heavy atom. The Bertz CT molecular complexity index is 2970. The molecule has 296 valence electrons. The van der Waals surface area contributed by atoms with Gasteiger partial charge in [0.05, 0.1) is 10.0 Å². The maximum Gasteiger partial charge on any atom is 0.526 e. The molecule has 10 rings (SSSR count). The maximum atomic E-state index is 8.79. The minimum Gasteiger partial charge on any atom is -0.465 e. The standard InChI is InChI=1S/C23H18N4O.C15H13BrN4.C8H7BO3/c24-23-22(21-12-16-3-1-2-4-20(16)28-21)19-11-15(5-6-17(19)14-27-23)13-26-18-7-9-25-10-8-18;16-14-13-7-10(1-2-11(13)9-20-15(14)17)8-19-12-3-5-18-6-4-12;10-9(11)8-5-6-3-1-2-4-7(6)12-8/h1-12,14H,13H2,(H2,24,27)(H,25,26);1-7,9H,8H2,(H2,17,20)(H,18,19);1-5,10-11H. The van der Waals surface area contributed by atoms with Crippen LogP contribution in [0.1, 0.15) is 11.1 Å². The van der Waals surface area contributed by atoms with Crippen molar-refractivity contribution in [1.29, 1.82) is 0 Å². The van der Waals surface area contributed by atoms with Gasteiger partial charge in [-0.3, -0.25) is 9.97 Å². The number of halogens is 1. The van der Waals surface area contributed by atoms with Crippen molar-refractivity contribution in [2.24, 2.45) is 0 Å². The molecule has 0 saturated carbocycles. The molecule has 0 fully saturated rings. The highest BCUT2D eigenvalue weighted by Crippen LogP contribution is 2.36. The van der Waals surface area contributed by atoms with Gasteiger partial charge in [-0.25, -0.2) is 9.97 Å². The van der Waals surface area contributed by atoms with Gasteiger partial charge in [-0.05, 0) is 93.1 Å². The van der Waals surface area contributed by atoms with Crippen molar-refractivity contribution in [2.75, 3.05) is 22.1 Å². The Morgan fingerprint density at radius 1 is 0.567 bits per heavy atom. The number of nitrogen functional groups attached to an aromatic ring is 2. The highest BCUT2D eigenvalue weighted by Gasteiger charge is 2.17. The lowest BCUT2D eigenvalue weighted by Crippen LogP contribution is -2.27. The maximum absolute atomic E-state index is 8.79. The highest BCUT2D eigenvalue weighted by molar-refractivity contribution is 9.10. The third kappa shape index (κ3) is 9.21. The Balaban J connectivity index is 0.000000136. The van der Waals surface area contributed by atoms with E-state index in [4.69, 9.17) is 30.3 Å². The summed E-state index contributed by atoms with van der Waals surface area (Å²) in [5, 5.41) is 30.5. The molecule has 0 radical (unpaired) electrons. The molecule has 12 nitrogen and oxygen atoms in total. The summed E-state index contributed by atoms with van der Waals surface area (Å²) in [6.45, 7) is 1.44. The first-order valence-electron chi connectivity index (χ1n) is 18.9. The number of aromatic nitrogens is 4. The zero-order valence-electron chi connectivity index (χ0n) is 32.0. The molecule has 4 aromatic carbocycles. The monoisotopic (exact) mass is 856 g/mol. The van der Waals surface area contributed by atoms with Crippen LogP contribution in [0.25, 0.3) is 54.8 Å². The van der Waals surface area contributed by atoms with E-state index in [0.29, 0.717) is 23.8 Å². The fourth-order valence-electron chi connectivity index (χ4n) is 6.58. The Morgan fingerprint density at radius 2 is 1.08 bits per heavy atom. The quantitative estimate of drug-likeness (QED) is 0.0796. The number of pyridine rings is 4. The summed E-state index contributed by atoms with van der Waals surface area (Å²) in [6.07, 6.45) is 10.7. The number of hydrogen-bond acceptors (Lipinski definition) is 12. The van der Waals surface area contributed by atoms with Crippen LogP contribution >= 0.6 is 15.9 Å². The molecule has 60 heavy (non-hydrogen) atoms. The summed E-state index contributed by atoms with van der Waals surface area (Å²) >= 11 is 3.49. The van der Waals surface area contributed by atoms with Crippen molar-refractivity contribution in [3.05, 3.63) is 174 Å². The predicted molar refractivity (Wildman–Crippen MR) is 244 cm³/mol. The number of nitrogens with one attached hydrogen (secondary N) is 2. The molecule has 0 saturated heterocycles. The van der Waals surface area contributed by atoms with E-state index in [1.165, 1.54) is 5.56 Å². The molecular formula is C46H38BBrN8O4. The summed E-state index contributed by atoms with van der Waals surface area (Å²) in [5.41, 5.74) is 19.0. The van der Waals surface area contributed by atoms with Crippen LogP contribution in [0.15, 0.2) is 172 Å². The van der Waals surface area contributed by atoms with Crippen LogP contribution in [-0.4, -0.2) is 37.1 Å². The van der Waals surface area contributed by atoms with Crippen LogP contribution < -0.4 is 27.8 Å². The summed E-state index contributed by atoms with van der Waals surface area (Å²) in [5.74, 6) is 1.71. The molecule has 8 N–H and O–H groups in total. The third-order valence-electron chi connectivity index (χ3n) is 9.63. The lowest BCUT2D eigenvalue weighted by atomic mass is 9.88. The van der Waals surface area contributed by atoms with E-state index in [2.05, 4.69) is 82.9 Å². The van der Waals surface area contributed by atoms with Gasteiger partial charge in [0.25, 0.3) is 0 Å². The van der Waals surface area contributed by atoms with Crippen LogP contribution in [0.4, 0.5) is 23.0 Å². The molecule has 0 aliphatic heterocycles. The highest BCUT2D eigenvalue weighted by atomic mass is 79.9. The van der Waals surface area contributed by atoms with Crippen LogP contribution in [0.3, 0.4) is 0 Å². The van der Waals surface area contributed by atoms with Crippen molar-refractivity contribution >= 4 is 95.2 Å². The number of nitrogens with two attached hydrogens (primary N) is 2. The van der Waals surface area contributed by atoms with Gasteiger partial charge in [-0.15, -0.1) is 0 Å². The second-order valence-electron chi connectivity index (χ2n) is 13.7. The van der Waals surface area contributed by atoms with Gasteiger partial charge in [0.1, 0.15) is 34.2 Å². The second-order valence-corrected chi connectivity index (χ2v) is 14.5. The Labute approximate surface area is 353 Å². The van der Waals surface area contributed by atoms with E-state index in [1.54, 1.807) is 49.3 Å². The normalized spacial score (nSPS) is 10.8. The first-order chi connectivity index (χ1) is 29.3. The number of rotatable bonds is 8. The lowest BCUT2D eigenvalue weighted by Gasteiger charge is -2.10. The topological polar surface area (TPSA) is 194 Å². The molecule has 0 unspecified atom stereocenters. The molecule has 0 aliphatic rings. The van der Waals surface area contributed by atoms with Gasteiger partial charge in [0.2, 0.25) is 0 Å². The number of fused-ring (bicyclic) bond motifs is 4. The molecule has 0 bridgehead atoms. The molecule has 6 aromatic heterocycles. The first kappa shape index (κ1) is 39.6. The molecule has 10 aromatic rings. The summed E-state index contributed by atoms with van der Waals surface area (Å²) in [4.78, 5) is 16.5. The SMILES string of the molecule is Nc1ncc2ccc(CNc3ccncc3)cc2c1-c1cc2ccccc2o1.Nc1ncc2ccc(CNc3ccncc3)cc2c1Br.OB(O)c1cc2ccccc2o1. The minimum absolute atomic E-state index is 0.177. The average molecular weight is 858 g/mol. The molecule has 0 aliphatic carbocycles. The smallest absolute Gasteiger partial charge is 0.465 e. The zero-order valence-corrected chi connectivity index (χ0v) is 33.6. The van der Waals surface area contributed by atoms with Crippen LogP contribution in [0, 0.1) is 0 Å². The Hall–Kier alpha value is -7.26. The molecule has 0 spiro atoms. The number of nitrogens with zero attached hydrogens (tertiary/aromatic N) is 4. The van der Waals surface area contributed by atoms with Crippen molar-refractivity contribution in [2.45, 2.75) is 13.1 Å². The largest absolute Gasteiger partial charge is 0.526 e. The van der Waals surface area contributed by atoms with E-state index < -0.39 is 7.12 Å². The van der Waals surface area contributed by atoms with Gasteiger partial charge < -0.3 is 41.0 Å². The summed E-state index contributed by atoms with van der Waals surface area (Å²) in [7, 11) is -1.53. The molecule has 0 amide bonds. The van der Waals surface area contributed by atoms with E-state index >= 15 is 0 Å². The van der Waals surface area contributed by atoms with E-state index in [9.17, 15) is 0 Å². The lowest BCUT2D eigenvalue weighted by molar-refractivity contribution is 0.412. The summed E-state index contributed by atoms with van der Waals surface area (Å²) < 4.78 is 12.0. The fraction of sp³-hybridized carbons (Fsp3) is 0.0435. The van der Waals surface area contributed by atoms with Gasteiger partial charge in [-0.1, -0.05) is 60.7 Å². The van der Waals surface area contributed by atoms with Crippen molar-refractivity contribution in [3.63, 3.8) is 0 Å². The number of anilines is 4.